The predicted molar refractivity (Wildman–Crippen MR) is 105 cm³/mol. The van der Waals surface area contributed by atoms with Gasteiger partial charge >= 0.3 is 0 Å². The standard InChI is InChI=1S/C20H19ClN2O2S/c1-13-12-26-20(23-13)11-22-19(25)10-18(14-4-2-6-16(21)8-14)15-5-3-7-17(24)9-15/h2-9,12,18,24H,10-11H2,1H3,(H,22,25). The number of benzene rings is 2. The fourth-order valence-corrected chi connectivity index (χ4v) is 3.72. The molecule has 0 aliphatic carbocycles. The second-order valence-electron chi connectivity index (χ2n) is 6.07. The molecule has 0 aliphatic heterocycles. The van der Waals surface area contributed by atoms with Gasteiger partial charge in [0.25, 0.3) is 0 Å². The van der Waals surface area contributed by atoms with Gasteiger partial charge < -0.3 is 10.4 Å². The number of thiazole rings is 1. The molecule has 0 saturated carbocycles. The molecule has 1 atom stereocenters. The average Bonchev–Trinajstić information content (AvgIpc) is 3.03. The number of hydrogen-bond acceptors (Lipinski definition) is 4. The number of carbonyl (C=O) groups is 1. The first-order chi connectivity index (χ1) is 12.5. The maximum atomic E-state index is 12.5. The first-order valence-electron chi connectivity index (χ1n) is 8.23. The lowest BCUT2D eigenvalue weighted by Gasteiger charge is -2.18. The maximum absolute atomic E-state index is 12.5. The van der Waals surface area contributed by atoms with Crippen LogP contribution >= 0.6 is 22.9 Å². The first kappa shape index (κ1) is 18.4. The minimum absolute atomic E-state index is 0.0776. The molecule has 0 radical (unpaired) electrons. The normalized spacial score (nSPS) is 11.9. The van der Waals surface area contributed by atoms with Crippen molar-refractivity contribution < 1.29 is 9.90 Å². The summed E-state index contributed by atoms with van der Waals surface area (Å²) in [4.78, 5) is 16.9. The van der Waals surface area contributed by atoms with E-state index in [0.29, 0.717) is 11.6 Å². The highest BCUT2D eigenvalue weighted by molar-refractivity contribution is 7.09. The van der Waals surface area contributed by atoms with Crippen LogP contribution in [0.3, 0.4) is 0 Å². The summed E-state index contributed by atoms with van der Waals surface area (Å²) in [6.45, 7) is 2.35. The zero-order valence-electron chi connectivity index (χ0n) is 14.3. The molecule has 6 heteroatoms. The third kappa shape index (κ3) is 4.84. The summed E-state index contributed by atoms with van der Waals surface area (Å²) in [5.74, 6) is -0.0989. The molecule has 1 aromatic heterocycles. The van der Waals surface area contributed by atoms with E-state index in [2.05, 4.69) is 10.3 Å². The Morgan fingerprint density at radius 3 is 2.62 bits per heavy atom. The molecule has 1 amide bonds. The van der Waals surface area contributed by atoms with Gasteiger partial charge in [0, 0.05) is 28.4 Å². The zero-order chi connectivity index (χ0) is 18.5. The number of hydrogen-bond donors (Lipinski definition) is 2. The molecule has 0 saturated heterocycles. The van der Waals surface area contributed by atoms with Crippen LogP contribution in [0.5, 0.6) is 5.75 Å². The lowest BCUT2D eigenvalue weighted by Crippen LogP contribution is -2.25. The van der Waals surface area contributed by atoms with Crippen molar-refractivity contribution in [2.75, 3.05) is 0 Å². The minimum Gasteiger partial charge on any atom is -0.508 e. The smallest absolute Gasteiger partial charge is 0.221 e. The number of phenolic OH excluding ortho intramolecular Hbond substituents is 1. The molecule has 4 nitrogen and oxygen atoms in total. The van der Waals surface area contributed by atoms with Crippen molar-refractivity contribution in [1.82, 2.24) is 10.3 Å². The number of carbonyl (C=O) groups excluding carboxylic acids is 1. The third-order valence-corrected chi connectivity index (χ3v) is 5.22. The molecule has 0 fully saturated rings. The summed E-state index contributed by atoms with van der Waals surface area (Å²) in [7, 11) is 0. The highest BCUT2D eigenvalue weighted by Crippen LogP contribution is 2.31. The Bertz CT molecular complexity index is 865. The number of halogens is 1. The summed E-state index contributed by atoms with van der Waals surface area (Å²) >= 11 is 7.66. The summed E-state index contributed by atoms with van der Waals surface area (Å²) < 4.78 is 0. The average molecular weight is 387 g/mol. The molecular formula is C20H19ClN2O2S. The number of phenols is 1. The molecule has 0 bridgehead atoms. The summed E-state index contributed by atoms with van der Waals surface area (Å²) in [5.41, 5.74) is 2.76. The van der Waals surface area contributed by atoms with Crippen molar-refractivity contribution >= 4 is 28.8 Å². The fourth-order valence-electron chi connectivity index (χ4n) is 2.81. The van der Waals surface area contributed by atoms with E-state index in [9.17, 15) is 9.90 Å². The molecule has 1 heterocycles. The predicted octanol–water partition coefficient (Wildman–Crippen LogP) is 4.65. The van der Waals surface area contributed by atoms with E-state index < -0.39 is 0 Å². The SMILES string of the molecule is Cc1csc(CNC(=O)CC(c2cccc(O)c2)c2cccc(Cl)c2)n1. The summed E-state index contributed by atoms with van der Waals surface area (Å²) in [6.07, 6.45) is 0.258. The van der Waals surface area contributed by atoms with E-state index in [0.717, 1.165) is 21.8 Å². The van der Waals surface area contributed by atoms with Crippen molar-refractivity contribution in [3.63, 3.8) is 0 Å². The van der Waals surface area contributed by atoms with Crippen molar-refractivity contribution in [2.45, 2.75) is 25.8 Å². The Kier molecular flexibility index (Phi) is 5.91. The quantitative estimate of drug-likeness (QED) is 0.648. The van der Waals surface area contributed by atoms with Gasteiger partial charge in [0.1, 0.15) is 10.8 Å². The summed E-state index contributed by atoms with van der Waals surface area (Å²) in [5, 5.41) is 16.2. The third-order valence-electron chi connectivity index (χ3n) is 4.02. The minimum atomic E-state index is -0.196. The molecule has 3 aromatic rings. The van der Waals surface area contributed by atoms with Gasteiger partial charge in [0.2, 0.25) is 5.91 Å². The lowest BCUT2D eigenvalue weighted by molar-refractivity contribution is -0.121. The van der Waals surface area contributed by atoms with Crippen LogP contribution in [0.1, 0.15) is 34.2 Å². The topological polar surface area (TPSA) is 62.2 Å². The van der Waals surface area contributed by atoms with Gasteiger partial charge in [-0.1, -0.05) is 35.9 Å². The number of amides is 1. The van der Waals surface area contributed by atoms with Crippen molar-refractivity contribution in [3.05, 3.63) is 80.8 Å². The molecule has 2 N–H and O–H groups in total. The van der Waals surface area contributed by atoms with E-state index >= 15 is 0 Å². The van der Waals surface area contributed by atoms with Crippen LogP contribution < -0.4 is 5.32 Å². The number of aryl methyl sites for hydroxylation is 1. The molecule has 0 spiro atoms. The molecule has 3 rings (SSSR count). The zero-order valence-corrected chi connectivity index (χ0v) is 15.8. The lowest BCUT2D eigenvalue weighted by atomic mass is 9.88. The molecule has 26 heavy (non-hydrogen) atoms. The largest absolute Gasteiger partial charge is 0.508 e. The van der Waals surface area contributed by atoms with E-state index in [1.807, 2.05) is 36.6 Å². The molecule has 134 valence electrons. The van der Waals surface area contributed by atoms with Gasteiger partial charge in [-0.3, -0.25) is 4.79 Å². The Morgan fingerprint density at radius 1 is 1.23 bits per heavy atom. The van der Waals surface area contributed by atoms with Gasteiger partial charge in [-0.2, -0.15) is 0 Å². The highest BCUT2D eigenvalue weighted by Gasteiger charge is 2.19. The van der Waals surface area contributed by atoms with Gasteiger partial charge in [-0.05, 0) is 42.3 Å². The first-order valence-corrected chi connectivity index (χ1v) is 9.49. The van der Waals surface area contributed by atoms with Crippen LogP contribution in [0.2, 0.25) is 5.02 Å². The molecule has 1 unspecified atom stereocenters. The second kappa shape index (κ2) is 8.34. The Labute approximate surface area is 161 Å². The number of aromatic hydroxyl groups is 1. The van der Waals surface area contributed by atoms with Crippen LogP contribution in [-0.2, 0) is 11.3 Å². The van der Waals surface area contributed by atoms with E-state index in [1.165, 1.54) is 11.3 Å². The van der Waals surface area contributed by atoms with Gasteiger partial charge in [0.15, 0.2) is 0 Å². The molecular weight excluding hydrogens is 368 g/mol. The fraction of sp³-hybridized carbons (Fsp3) is 0.200. The Hall–Kier alpha value is -2.37. The number of nitrogens with one attached hydrogen (secondary N) is 1. The van der Waals surface area contributed by atoms with Crippen molar-refractivity contribution in [1.29, 1.82) is 0 Å². The van der Waals surface area contributed by atoms with Crippen LogP contribution in [-0.4, -0.2) is 16.0 Å². The van der Waals surface area contributed by atoms with Crippen LogP contribution in [0.15, 0.2) is 53.9 Å². The van der Waals surface area contributed by atoms with Gasteiger partial charge in [-0.15, -0.1) is 11.3 Å². The Morgan fingerprint density at radius 2 is 1.96 bits per heavy atom. The van der Waals surface area contributed by atoms with E-state index in [-0.39, 0.29) is 24.0 Å². The van der Waals surface area contributed by atoms with Crippen LogP contribution in [0.25, 0.3) is 0 Å². The van der Waals surface area contributed by atoms with E-state index in [4.69, 9.17) is 11.6 Å². The second-order valence-corrected chi connectivity index (χ2v) is 7.45. The summed E-state index contributed by atoms with van der Waals surface area (Å²) in [6, 6.07) is 14.4. The van der Waals surface area contributed by atoms with Crippen LogP contribution in [0.4, 0.5) is 0 Å². The number of nitrogens with zero attached hydrogens (tertiary/aromatic N) is 1. The van der Waals surface area contributed by atoms with Gasteiger partial charge in [-0.25, -0.2) is 4.98 Å². The van der Waals surface area contributed by atoms with Gasteiger partial charge in [0.05, 0.1) is 6.54 Å². The maximum Gasteiger partial charge on any atom is 0.221 e. The number of rotatable bonds is 6. The Balaban J connectivity index is 1.78. The van der Waals surface area contributed by atoms with Crippen molar-refractivity contribution in [3.8, 4) is 5.75 Å². The highest BCUT2D eigenvalue weighted by atomic mass is 35.5. The van der Waals surface area contributed by atoms with Crippen molar-refractivity contribution in [2.24, 2.45) is 0 Å². The van der Waals surface area contributed by atoms with Crippen LogP contribution in [0, 0.1) is 6.92 Å². The number of aromatic nitrogens is 1. The molecule has 0 aliphatic rings. The monoisotopic (exact) mass is 386 g/mol. The van der Waals surface area contributed by atoms with E-state index in [1.54, 1.807) is 24.3 Å². The molecule has 2 aromatic carbocycles.